The van der Waals surface area contributed by atoms with Crippen LogP contribution in [0.5, 0.6) is 17.2 Å². The van der Waals surface area contributed by atoms with E-state index in [9.17, 15) is 0 Å². The second-order valence-electron chi connectivity index (χ2n) is 4.43. The number of rotatable bonds is 1. The van der Waals surface area contributed by atoms with Crippen molar-refractivity contribution in [1.82, 2.24) is 0 Å². The zero-order valence-corrected chi connectivity index (χ0v) is 13.3. The molecule has 0 atom stereocenters. The van der Waals surface area contributed by atoms with Crippen molar-refractivity contribution in [2.45, 2.75) is 5.88 Å². The molecule has 0 aromatic heterocycles. The summed E-state index contributed by atoms with van der Waals surface area (Å²) in [5.41, 5.74) is 0.777. The minimum Gasteiger partial charge on any atom is -0.508 e. The molecule has 0 aliphatic rings. The van der Waals surface area contributed by atoms with Crippen molar-refractivity contribution in [3.8, 4) is 17.2 Å². The van der Waals surface area contributed by atoms with Gasteiger partial charge in [0, 0.05) is 5.56 Å². The first-order chi connectivity index (χ1) is 11.1. The number of alkyl halides is 1. The van der Waals surface area contributed by atoms with E-state index in [1.165, 1.54) is 0 Å². The summed E-state index contributed by atoms with van der Waals surface area (Å²) in [5, 5.41) is 26.3. The molecule has 0 unspecified atom stereocenters. The van der Waals surface area contributed by atoms with E-state index in [1.54, 1.807) is 66.7 Å². The Bertz CT molecular complexity index is 620. The van der Waals surface area contributed by atoms with Gasteiger partial charge in [0.05, 0.1) is 5.88 Å². The number of phenolic OH excluding ortho intramolecular Hbond substituents is 3. The van der Waals surface area contributed by atoms with Crippen LogP contribution in [0.4, 0.5) is 0 Å². The largest absolute Gasteiger partial charge is 0.508 e. The summed E-state index contributed by atoms with van der Waals surface area (Å²) in [6.45, 7) is 0. The predicted octanol–water partition coefficient (Wildman–Crippen LogP) is 4.92. The van der Waals surface area contributed by atoms with Crippen molar-refractivity contribution in [3.05, 3.63) is 90.5 Å². The van der Waals surface area contributed by atoms with E-state index in [0.717, 1.165) is 5.56 Å². The van der Waals surface area contributed by atoms with Gasteiger partial charge < -0.3 is 15.3 Å². The van der Waals surface area contributed by atoms with Crippen molar-refractivity contribution >= 4 is 11.6 Å². The van der Waals surface area contributed by atoms with Gasteiger partial charge in [-0.3, -0.25) is 0 Å². The van der Waals surface area contributed by atoms with Gasteiger partial charge in [-0.1, -0.05) is 54.6 Å². The average Bonchev–Trinajstić information content (AvgIpc) is 2.58. The van der Waals surface area contributed by atoms with Crippen molar-refractivity contribution < 1.29 is 15.3 Å². The molecule has 3 aromatic rings. The molecule has 120 valence electrons. The van der Waals surface area contributed by atoms with Gasteiger partial charge in [-0.25, -0.2) is 0 Å². The van der Waals surface area contributed by atoms with Crippen LogP contribution in [0.3, 0.4) is 0 Å². The smallest absolute Gasteiger partial charge is 0.119 e. The summed E-state index contributed by atoms with van der Waals surface area (Å²) in [4.78, 5) is 0. The number of halogens is 1. The Morgan fingerprint density at radius 3 is 1.22 bits per heavy atom. The summed E-state index contributed by atoms with van der Waals surface area (Å²) in [5.74, 6) is 1.28. The SMILES string of the molecule is Oc1ccccc1.Oc1ccccc1.Oc1ccccc1CCl. The summed E-state index contributed by atoms with van der Waals surface area (Å²) in [6.07, 6.45) is 0. The highest BCUT2D eigenvalue weighted by Gasteiger charge is 1.93. The van der Waals surface area contributed by atoms with Crippen LogP contribution in [-0.4, -0.2) is 15.3 Å². The third-order valence-corrected chi connectivity index (χ3v) is 2.94. The number of aromatic hydroxyl groups is 3. The lowest BCUT2D eigenvalue weighted by Crippen LogP contribution is -1.75. The number of para-hydroxylation sites is 3. The fraction of sp³-hybridized carbons (Fsp3) is 0.0526. The molecule has 23 heavy (non-hydrogen) atoms. The number of hydrogen-bond donors (Lipinski definition) is 3. The Kier molecular flexibility index (Phi) is 8.79. The number of hydrogen-bond acceptors (Lipinski definition) is 3. The summed E-state index contributed by atoms with van der Waals surface area (Å²) >= 11 is 5.47. The monoisotopic (exact) mass is 330 g/mol. The Hall–Kier alpha value is -2.65. The molecule has 3 rings (SSSR count). The maximum atomic E-state index is 9.03. The van der Waals surface area contributed by atoms with Crippen LogP contribution in [0.2, 0.25) is 0 Å². The first kappa shape index (κ1) is 18.4. The van der Waals surface area contributed by atoms with Gasteiger partial charge in [-0.15, -0.1) is 11.6 Å². The average molecular weight is 331 g/mol. The van der Waals surface area contributed by atoms with Crippen LogP contribution in [0.1, 0.15) is 5.56 Å². The zero-order valence-electron chi connectivity index (χ0n) is 12.5. The van der Waals surface area contributed by atoms with E-state index in [2.05, 4.69) is 0 Å². The van der Waals surface area contributed by atoms with E-state index in [-0.39, 0.29) is 5.75 Å². The summed E-state index contributed by atoms with van der Waals surface area (Å²) in [7, 11) is 0. The van der Waals surface area contributed by atoms with Crippen molar-refractivity contribution in [3.63, 3.8) is 0 Å². The van der Waals surface area contributed by atoms with E-state index in [1.807, 2.05) is 18.2 Å². The molecular formula is C19H19ClO3. The van der Waals surface area contributed by atoms with Gasteiger partial charge in [0.2, 0.25) is 0 Å². The molecule has 0 saturated heterocycles. The van der Waals surface area contributed by atoms with Crippen LogP contribution in [-0.2, 0) is 5.88 Å². The molecule has 0 radical (unpaired) electrons. The van der Waals surface area contributed by atoms with Crippen LogP contribution >= 0.6 is 11.6 Å². The lowest BCUT2D eigenvalue weighted by molar-refractivity contribution is 0.470. The highest BCUT2D eigenvalue weighted by Crippen LogP contribution is 2.16. The van der Waals surface area contributed by atoms with E-state index in [4.69, 9.17) is 26.9 Å². The first-order valence-corrected chi connectivity index (χ1v) is 7.47. The standard InChI is InChI=1S/C7H7ClO.2C6H6O/c8-5-6-3-1-2-4-7(6)9;2*7-6-4-2-1-3-5-6/h1-4,9H,5H2;2*1-5,7H. The van der Waals surface area contributed by atoms with Gasteiger partial charge in [0.15, 0.2) is 0 Å². The first-order valence-electron chi connectivity index (χ1n) is 6.94. The Morgan fingerprint density at radius 1 is 0.565 bits per heavy atom. The molecule has 0 spiro atoms. The van der Waals surface area contributed by atoms with Crippen LogP contribution in [0.25, 0.3) is 0 Å². The Labute approximate surface area is 141 Å². The van der Waals surface area contributed by atoms with Gasteiger partial charge >= 0.3 is 0 Å². The Morgan fingerprint density at radius 2 is 0.957 bits per heavy atom. The molecule has 3 N–H and O–H groups in total. The fourth-order valence-corrected chi connectivity index (χ4v) is 1.71. The lowest BCUT2D eigenvalue weighted by atomic mass is 10.2. The molecule has 0 saturated carbocycles. The molecule has 4 heteroatoms. The lowest BCUT2D eigenvalue weighted by Gasteiger charge is -1.95. The molecule has 0 fully saturated rings. The topological polar surface area (TPSA) is 60.7 Å². The molecule has 0 bridgehead atoms. The fourth-order valence-electron chi connectivity index (χ4n) is 1.48. The summed E-state index contributed by atoms with van der Waals surface area (Å²) in [6, 6.07) is 24.5. The van der Waals surface area contributed by atoms with E-state index < -0.39 is 0 Å². The minimum atomic E-state index is 0.271. The van der Waals surface area contributed by atoms with Gasteiger partial charge in [0.25, 0.3) is 0 Å². The second kappa shape index (κ2) is 11.0. The maximum Gasteiger partial charge on any atom is 0.119 e. The second-order valence-corrected chi connectivity index (χ2v) is 4.70. The van der Waals surface area contributed by atoms with E-state index in [0.29, 0.717) is 17.4 Å². The molecule has 0 aliphatic heterocycles. The van der Waals surface area contributed by atoms with Crippen molar-refractivity contribution in [2.24, 2.45) is 0 Å². The normalized spacial score (nSPS) is 8.91. The highest BCUT2D eigenvalue weighted by molar-refractivity contribution is 6.17. The minimum absolute atomic E-state index is 0.271. The van der Waals surface area contributed by atoms with Crippen molar-refractivity contribution in [2.75, 3.05) is 0 Å². The summed E-state index contributed by atoms with van der Waals surface area (Å²) < 4.78 is 0. The van der Waals surface area contributed by atoms with Crippen LogP contribution in [0, 0.1) is 0 Å². The number of phenols is 3. The van der Waals surface area contributed by atoms with Crippen LogP contribution in [0.15, 0.2) is 84.9 Å². The third kappa shape index (κ3) is 8.39. The third-order valence-electron chi connectivity index (χ3n) is 2.65. The molecule has 3 aromatic carbocycles. The molecule has 3 nitrogen and oxygen atoms in total. The molecule has 0 heterocycles. The van der Waals surface area contributed by atoms with Gasteiger partial charge in [0.1, 0.15) is 17.2 Å². The molecular weight excluding hydrogens is 312 g/mol. The maximum absolute atomic E-state index is 9.03. The zero-order chi connectivity index (χ0) is 16.9. The number of benzene rings is 3. The Balaban J connectivity index is 0.000000175. The molecule has 0 aliphatic carbocycles. The highest BCUT2D eigenvalue weighted by atomic mass is 35.5. The van der Waals surface area contributed by atoms with Crippen LogP contribution < -0.4 is 0 Å². The van der Waals surface area contributed by atoms with Gasteiger partial charge in [-0.05, 0) is 30.3 Å². The molecule has 0 amide bonds. The van der Waals surface area contributed by atoms with Crippen molar-refractivity contribution in [1.29, 1.82) is 0 Å². The predicted molar refractivity (Wildman–Crippen MR) is 93.9 cm³/mol. The van der Waals surface area contributed by atoms with Gasteiger partial charge in [-0.2, -0.15) is 0 Å². The quantitative estimate of drug-likeness (QED) is 0.555. The van der Waals surface area contributed by atoms with E-state index >= 15 is 0 Å².